The fraction of sp³-hybridized carbons (Fsp3) is 0.250. The molecule has 2 atom stereocenters. The smallest absolute Gasteiger partial charge is 0.221 e. The average Bonchev–Trinajstić information content (AvgIpc) is 3.16. The number of benzene rings is 2. The van der Waals surface area contributed by atoms with Crippen LogP contribution in [0.4, 0.5) is 5.69 Å². The van der Waals surface area contributed by atoms with Gasteiger partial charge in [0.05, 0.1) is 5.69 Å². The van der Waals surface area contributed by atoms with Crippen molar-refractivity contribution >= 4 is 11.6 Å². The number of aromatic nitrogens is 3. The first-order valence-electron chi connectivity index (χ1n) is 8.61. The first-order chi connectivity index (χ1) is 12.5. The molecule has 0 aliphatic rings. The van der Waals surface area contributed by atoms with Crippen LogP contribution in [0.1, 0.15) is 44.0 Å². The number of carbonyl (C=O) groups is 1. The molecule has 0 aliphatic carbocycles. The Morgan fingerprint density at radius 2 is 1.73 bits per heavy atom. The van der Waals surface area contributed by atoms with Gasteiger partial charge in [0.2, 0.25) is 5.91 Å². The van der Waals surface area contributed by atoms with E-state index in [4.69, 9.17) is 0 Å². The summed E-state index contributed by atoms with van der Waals surface area (Å²) >= 11 is 0. The third-order valence-corrected chi connectivity index (χ3v) is 4.26. The van der Waals surface area contributed by atoms with Crippen molar-refractivity contribution in [2.24, 2.45) is 0 Å². The third-order valence-electron chi connectivity index (χ3n) is 4.26. The molecule has 6 nitrogen and oxygen atoms in total. The second kappa shape index (κ2) is 7.93. The van der Waals surface area contributed by atoms with Gasteiger partial charge in [0.1, 0.15) is 12.7 Å². The summed E-state index contributed by atoms with van der Waals surface area (Å²) in [6.07, 6.45) is 3.21. The van der Waals surface area contributed by atoms with Crippen molar-refractivity contribution in [1.82, 2.24) is 20.1 Å². The van der Waals surface area contributed by atoms with Crippen molar-refractivity contribution < 1.29 is 4.79 Å². The predicted octanol–water partition coefficient (Wildman–Crippen LogP) is 3.64. The molecule has 2 aromatic carbocycles. The molecular formula is C20H23N5O. The molecule has 2 N–H and O–H groups in total. The van der Waals surface area contributed by atoms with Crippen LogP contribution in [0.25, 0.3) is 5.69 Å². The molecule has 0 bridgehead atoms. The molecule has 1 amide bonds. The minimum Gasteiger partial charge on any atom is -0.326 e. The van der Waals surface area contributed by atoms with Gasteiger partial charge in [-0.3, -0.25) is 4.79 Å². The van der Waals surface area contributed by atoms with E-state index in [1.807, 2.05) is 30.3 Å². The molecule has 3 rings (SSSR count). The van der Waals surface area contributed by atoms with E-state index >= 15 is 0 Å². The zero-order chi connectivity index (χ0) is 18.5. The lowest BCUT2D eigenvalue weighted by Crippen LogP contribution is -2.22. The van der Waals surface area contributed by atoms with Crippen molar-refractivity contribution in [2.45, 2.75) is 32.9 Å². The highest BCUT2D eigenvalue weighted by molar-refractivity contribution is 5.88. The molecule has 0 fully saturated rings. The van der Waals surface area contributed by atoms with E-state index in [1.54, 1.807) is 11.0 Å². The van der Waals surface area contributed by atoms with E-state index in [9.17, 15) is 4.79 Å². The summed E-state index contributed by atoms with van der Waals surface area (Å²) in [4.78, 5) is 15.2. The van der Waals surface area contributed by atoms with E-state index < -0.39 is 0 Å². The van der Waals surface area contributed by atoms with Crippen LogP contribution in [-0.4, -0.2) is 20.7 Å². The van der Waals surface area contributed by atoms with Gasteiger partial charge < -0.3 is 10.6 Å². The Kier molecular flexibility index (Phi) is 5.43. The van der Waals surface area contributed by atoms with Crippen LogP contribution in [0.15, 0.2) is 61.2 Å². The topological polar surface area (TPSA) is 71.8 Å². The fourth-order valence-corrected chi connectivity index (χ4v) is 2.93. The van der Waals surface area contributed by atoms with Gasteiger partial charge in [0.25, 0.3) is 0 Å². The van der Waals surface area contributed by atoms with Crippen molar-refractivity contribution in [1.29, 1.82) is 0 Å². The lowest BCUT2D eigenvalue weighted by Gasteiger charge is -2.22. The summed E-state index contributed by atoms with van der Waals surface area (Å²) in [5.74, 6) is -0.0685. The molecule has 1 heterocycles. The normalized spacial score (nSPS) is 13.2. The van der Waals surface area contributed by atoms with Crippen LogP contribution < -0.4 is 10.6 Å². The Morgan fingerprint density at radius 1 is 1.04 bits per heavy atom. The van der Waals surface area contributed by atoms with Crippen LogP contribution in [0.2, 0.25) is 0 Å². The Labute approximate surface area is 153 Å². The van der Waals surface area contributed by atoms with Gasteiger partial charge in [0, 0.05) is 24.7 Å². The van der Waals surface area contributed by atoms with Crippen LogP contribution in [0.3, 0.4) is 0 Å². The maximum atomic E-state index is 11.2. The summed E-state index contributed by atoms with van der Waals surface area (Å²) < 4.78 is 1.75. The van der Waals surface area contributed by atoms with Gasteiger partial charge in [-0.05, 0) is 49.2 Å². The van der Waals surface area contributed by atoms with E-state index in [2.05, 4.69) is 52.8 Å². The van der Waals surface area contributed by atoms with Crippen molar-refractivity contribution in [3.05, 3.63) is 72.3 Å². The second-order valence-corrected chi connectivity index (χ2v) is 6.35. The monoisotopic (exact) mass is 349 g/mol. The highest BCUT2D eigenvalue weighted by Crippen LogP contribution is 2.23. The SMILES string of the molecule is CC(=O)Nc1cccc([C@H](C)N[C@H](C)c2cccc(-n3cncn3)c2)c1. The van der Waals surface area contributed by atoms with Gasteiger partial charge >= 0.3 is 0 Å². The Bertz CT molecular complexity index is 875. The van der Waals surface area contributed by atoms with E-state index in [1.165, 1.54) is 18.8 Å². The van der Waals surface area contributed by atoms with E-state index in [0.29, 0.717) is 0 Å². The van der Waals surface area contributed by atoms with Gasteiger partial charge in [-0.2, -0.15) is 5.10 Å². The van der Waals surface area contributed by atoms with Gasteiger partial charge in [0.15, 0.2) is 0 Å². The summed E-state index contributed by atoms with van der Waals surface area (Å²) in [5, 5.41) is 10.6. The first-order valence-corrected chi connectivity index (χ1v) is 8.61. The van der Waals surface area contributed by atoms with Crippen molar-refractivity contribution in [3.8, 4) is 5.69 Å². The molecule has 0 radical (unpaired) electrons. The largest absolute Gasteiger partial charge is 0.326 e. The Morgan fingerprint density at radius 3 is 2.38 bits per heavy atom. The molecule has 0 saturated heterocycles. The minimum atomic E-state index is -0.0685. The van der Waals surface area contributed by atoms with Crippen molar-refractivity contribution in [2.75, 3.05) is 5.32 Å². The Balaban J connectivity index is 1.72. The number of nitrogens with zero attached hydrogens (tertiary/aromatic N) is 3. The molecule has 134 valence electrons. The summed E-state index contributed by atoms with van der Waals surface area (Å²) in [6.45, 7) is 5.76. The summed E-state index contributed by atoms with van der Waals surface area (Å²) in [5.41, 5.74) is 4.08. The number of anilines is 1. The molecule has 6 heteroatoms. The van der Waals surface area contributed by atoms with E-state index in [0.717, 1.165) is 16.9 Å². The number of nitrogens with one attached hydrogen (secondary N) is 2. The molecule has 0 aliphatic heterocycles. The number of amides is 1. The lowest BCUT2D eigenvalue weighted by molar-refractivity contribution is -0.114. The highest BCUT2D eigenvalue weighted by atomic mass is 16.1. The van der Waals surface area contributed by atoms with Crippen molar-refractivity contribution in [3.63, 3.8) is 0 Å². The number of rotatable bonds is 6. The predicted molar refractivity (Wildman–Crippen MR) is 102 cm³/mol. The minimum absolute atomic E-state index is 0.0685. The highest BCUT2D eigenvalue weighted by Gasteiger charge is 2.12. The molecule has 26 heavy (non-hydrogen) atoms. The van der Waals surface area contributed by atoms with Crippen LogP contribution in [-0.2, 0) is 4.79 Å². The van der Waals surface area contributed by atoms with Gasteiger partial charge in [-0.25, -0.2) is 9.67 Å². The van der Waals surface area contributed by atoms with E-state index in [-0.39, 0.29) is 18.0 Å². The molecule has 0 spiro atoms. The zero-order valence-electron chi connectivity index (χ0n) is 15.2. The molecule has 1 aromatic heterocycles. The maximum absolute atomic E-state index is 11.2. The first kappa shape index (κ1) is 17.8. The number of carbonyl (C=O) groups excluding carboxylic acids is 1. The molecule has 0 unspecified atom stereocenters. The second-order valence-electron chi connectivity index (χ2n) is 6.35. The van der Waals surface area contributed by atoms with Gasteiger partial charge in [-0.15, -0.1) is 0 Å². The van der Waals surface area contributed by atoms with Gasteiger partial charge in [-0.1, -0.05) is 24.3 Å². The standard InChI is InChI=1S/C20H23N5O/c1-14(17-6-4-8-19(10-17)24-16(3)26)23-15(2)18-7-5-9-20(11-18)25-13-21-12-22-25/h4-15,23H,1-3H3,(H,24,26)/t14-,15+/m0/s1. The maximum Gasteiger partial charge on any atom is 0.221 e. The lowest BCUT2D eigenvalue weighted by atomic mass is 10.0. The third kappa shape index (κ3) is 4.34. The summed E-state index contributed by atoms with van der Waals surface area (Å²) in [6, 6.07) is 16.4. The van der Waals surface area contributed by atoms with Crippen LogP contribution >= 0.6 is 0 Å². The fourth-order valence-electron chi connectivity index (χ4n) is 2.93. The molecule has 3 aromatic rings. The quantitative estimate of drug-likeness (QED) is 0.713. The number of hydrogen-bond donors (Lipinski definition) is 2. The molecular weight excluding hydrogens is 326 g/mol. The van der Waals surface area contributed by atoms with Crippen LogP contribution in [0, 0.1) is 0 Å². The average molecular weight is 349 g/mol. The zero-order valence-corrected chi connectivity index (χ0v) is 15.2. The summed E-state index contributed by atoms with van der Waals surface area (Å²) in [7, 11) is 0. The Hall–Kier alpha value is -2.99. The molecule has 0 saturated carbocycles. The number of hydrogen-bond acceptors (Lipinski definition) is 4. The van der Waals surface area contributed by atoms with Crippen LogP contribution in [0.5, 0.6) is 0 Å².